The molecule has 0 aromatic heterocycles. The van der Waals surface area contributed by atoms with E-state index in [1.54, 1.807) is 0 Å². The highest BCUT2D eigenvalue weighted by atomic mass is 35.5. The van der Waals surface area contributed by atoms with E-state index >= 15 is 0 Å². The van der Waals surface area contributed by atoms with E-state index in [1.165, 1.54) is 30.3 Å². The van der Waals surface area contributed by atoms with Crippen molar-refractivity contribution < 1.29 is 8.42 Å². The Bertz CT molecular complexity index is 810. The van der Waals surface area contributed by atoms with Crippen molar-refractivity contribution in [1.82, 2.24) is 0 Å². The van der Waals surface area contributed by atoms with Crippen LogP contribution in [0.25, 0.3) is 0 Å². The fraction of sp³-hybridized carbons (Fsp3) is 0. The largest absolute Gasteiger partial charge is 0.399 e. The van der Waals surface area contributed by atoms with E-state index in [0.29, 0.717) is 26.4 Å². The van der Waals surface area contributed by atoms with E-state index in [4.69, 9.17) is 45.7 Å². The lowest BCUT2D eigenvalue weighted by atomic mass is 10.2. The summed E-state index contributed by atoms with van der Waals surface area (Å²) in [7, 11) is -3.87. The van der Waals surface area contributed by atoms with Crippen LogP contribution < -0.4 is 16.2 Å². The molecule has 0 unspecified atom stereocenters. The molecule has 0 amide bonds. The van der Waals surface area contributed by atoms with Gasteiger partial charge in [-0.15, -0.1) is 0 Å². The summed E-state index contributed by atoms with van der Waals surface area (Å²) in [6, 6.07) is 7.13. The SMILES string of the molecule is Nc1cc(Nc2cc(Cl)c(Cl)cc2Cl)cc(S(N)(=O)=O)c1. The zero-order valence-electron chi connectivity index (χ0n) is 10.4. The van der Waals surface area contributed by atoms with Crippen LogP contribution in [-0.4, -0.2) is 8.42 Å². The van der Waals surface area contributed by atoms with Gasteiger partial charge in [-0.05, 0) is 30.3 Å². The van der Waals surface area contributed by atoms with Crippen LogP contribution in [0.15, 0.2) is 35.2 Å². The Hall–Kier alpha value is -1.18. The summed E-state index contributed by atoms with van der Waals surface area (Å²) in [5.74, 6) is 0. The van der Waals surface area contributed by atoms with Gasteiger partial charge in [0.1, 0.15) is 0 Å². The third-order valence-corrected chi connectivity index (χ3v) is 4.47. The van der Waals surface area contributed by atoms with Crippen molar-refractivity contribution in [3.05, 3.63) is 45.4 Å². The van der Waals surface area contributed by atoms with Crippen LogP contribution in [0.5, 0.6) is 0 Å². The summed E-state index contributed by atoms with van der Waals surface area (Å²) in [6.07, 6.45) is 0. The molecule has 0 aliphatic heterocycles. The maximum absolute atomic E-state index is 11.4. The number of benzene rings is 2. The average molecular weight is 367 g/mol. The lowest BCUT2D eigenvalue weighted by Gasteiger charge is -2.11. The van der Waals surface area contributed by atoms with E-state index in [9.17, 15) is 8.42 Å². The first-order valence-electron chi connectivity index (χ1n) is 5.52. The van der Waals surface area contributed by atoms with Crippen LogP contribution in [0.1, 0.15) is 0 Å². The number of nitrogen functional groups attached to an aromatic ring is 1. The number of anilines is 3. The van der Waals surface area contributed by atoms with Crippen LogP contribution >= 0.6 is 34.8 Å². The van der Waals surface area contributed by atoms with Gasteiger partial charge in [-0.3, -0.25) is 0 Å². The Morgan fingerprint density at radius 2 is 1.52 bits per heavy atom. The highest BCUT2D eigenvalue weighted by Gasteiger charge is 2.12. The highest BCUT2D eigenvalue weighted by Crippen LogP contribution is 2.34. The molecule has 112 valence electrons. The minimum atomic E-state index is -3.87. The molecule has 0 spiro atoms. The van der Waals surface area contributed by atoms with Crippen molar-refractivity contribution in [3.63, 3.8) is 0 Å². The normalized spacial score (nSPS) is 11.4. The van der Waals surface area contributed by atoms with Gasteiger partial charge in [0.25, 0.3) is 0 Å². The maximum Gasteiger partial charge on any atom is 0.238 e. The summed E-state index contributed by atoms with van der Waals surface area (Å²) in [5, 5.41) is 8.94. The highest BCUT2D eigenvalue weighted by molar-refractivity contribution is 7.89. The van der Waals surface area contributed by atoms with Crippen LogP contribution in [-0.2, 0) is 10.0 Å². The van der Waals surface area contributed by atoms with Crippen LogP contribution in [0.2, 0.25) is 15.1 Å². The Kier molecular flexibility index (Phi) is 4.55. The molecular formula is C12H10Cl3N3O2S. The third-order valence-electron chi connectivity index (χ3n) is 2.55. The molecule has 5 N–H and O–H groups in total. The number of hydrogen-bond donors (Lipinski definition) is 3. The molecule has 0 saturated carbocycles. The molecular weight excluding hydrogens is 357 g/mol. The van der Waals surface area contributed by atoms with E-state index in [2.05, 4.69) is 5.32 Å². The Balaban J connectivity index is 2.45. The zero-order chi connectivity index (χ0) is 15.8. The Morgan fingerprint density at radius 3 is 2.14 bits per heavy atom. The summed E-state index contributed by atoms with van der Waals surface area (Å²) in [6.45, 7) is 0. The molecule has 2 aromatic rings. The van der Waals surface area contributed by atoms with E-state index < -0.39 is 10.0 Å². The molecule has 0 bridgehead atoms. The first kappa shape index (κ1) is 16.2. The van der Waals surface area contributed by atoms with Gasteiger partial charge in [0.05, 0.1) is 25.7 Å². The van der Waals surface area contributed by atoms with Crippen LogP contribution in [0.3, 0.4) is 0 Å². The molecule has 0 heterocycles. The Morgan fingerprint density at radius 1 is 0.905 bits per heavy atom. The zero-order valence-corrected chi connectivity index (χ0v) is 13.5. The molecule has 0 atom stereocenters. The molecule has 2 rings (SSSR count). The number of rotatable bonds is 3. The van der Waals surface area contributed by atoms with Crippen molar-refractivity contribution in [2.24, 2.45) is 5.14 Å². The predicted octanol–water partition coefficient (Wildman–Crippen LogP) is 3.62. The van der Waals surface area contributed by atoms with Gasteiger partial charge in [-0.25, -0.2) is 13.6 Å². The lowest BCUT2D eigenvalue weighted by Crippen LogP contribution is -2.12. The number of halogens is 3. The predicted molar refractivity (Wildman–Crippen MR) is 87.0 cm³/mol. The number of nitrogens with one attached hydrogen (secondary N) is 1. The smallest absolute Gasteiger partial charge is 0.238 e. The molecule has 5 nitrogen and oxygen atoms in total. The lowest BCUT2D eigenvalue weighted by molar-refractivity contribution is 0.598. The first-order valence-corrected chi connectivity index (χ1v) is 8.20. The van der Waals surface area contributed by atoms with E-state index in [0.717, 1.165) is 0 Å². The summed E-state index contributed by atoms with van der Waals surface area (Å²) < 4.78 is 22.8. The molecule has 0 aliphatic rings. The first-order chi connectivity index (χ1) is 9.66. The molecule has 2 aromatic carbocycles. The standard InChI is InChI=1S/C12H10Cl3N3O2S/c13-9-4-11(15)12(5-10(9)14)18-7-1-6(16)2-8(3-7)21(17,19)20/h1-5,18H,16H2,(H2,17,19,20). The van der Waals surface area contributed by atoms with Gasteiger partial charge in [0, 0.05) is 11.4 Å². The van der Waals surface area contributed by atoms with E-state index in [1.807, 2.05) is 0 Å². The molecule has 9 heteroatoms. The summed E-state index contributed by atoms with van der Waals surface area (Å²) in [5.41, 5.74) is 6.76. The van der Waals surface area contributed by atoms with Gasteiger partial charge in [0.15, 0.2) is 0 Å². The van der Waals surface area contributed by atoms with Crippen molar-refractivity contribution in [1.29, 1.82) is 0 Å². The summed E-state index contributed by atoms with van der Waals surface area (Å²) >= 11 is 17.8. The topological polar surface area (TPSA) is 98.2 Å². The van der Waals surface area contributed by atoms with Crippen molar-refractivity contribution in [3.8, 4) is 0 Å². The molecule has 0 radical (unpaired) electrons. The second-order valence-corrected chi connectivity index (χ2v) is 6.99. The van der Waals surface area contributed by atoms with Crippen LogP contribution in [0, 0.1) is 0 Å². The van der Waals surface area contributed by atoms with Gasteiger partial charge < -0.3 is 11.1 Å². The molecule has 21 heavy (non-hydrogen) atoms. The second kappa shape index (κ2) is 5.90. The van der Waals surface area contributed by atoms with E-state index in [-0.39, 0.29) is 10.6 Å². The maximum atomic E-state index is 11.4. The number of hydrogen-bond acceptors (Lipinski definition) is 4. The minimum Gasteiger partial charge on any atom is -0.399 e. The second-order valence-electron chi connectivity index (χ2n) is 4.21. The minimum absolute atomic E-state index is 0.110. The molecule has 0 saturated heterocycles. The number of nitrogens with two attached hydrogens (primary N) is 2. The molecule has 0 fully saturated rings. The van der Waals surface area contributed by atoms with Crippen molar-refractivity contribution >= 4 is 61.9 Å². The molecule has 0 aliphatic carbocycles. The van der Waals surface area contributed by atoms with Crippen molar-refractivity contribution in [2.75, 3.05) is 11.1 Å². The van der Waals surface area contributed by atoms with Gasteiger partial charge in [-0.1, -0.05) is 34.8 Å². The number of primary sulfonamides is 1. The van der Waals surface area contributed by atoms with Crippen LogP contribution in [0.4, 0.5) is 17.1 Å². The average Bonchev–Trinajstić information content (AvgIpc) is 2.34. The van der Waals surface area contributed by atoms with Crippen molar-refractivity contribution in [2.45, 2.75) is 4.90 Å². The quantitative estimate of drug-likeness (QED) is 0.570. The van der Waals surface area contributed by atoms with Gasteiger partial charge >= 0.3 is 0 Å². The van der Waals surface area contributed by atoms with Gasteiger partial charge in [-0.2, -0.15) is 0 Å². The number of sulfonamides is 1. The van der Waals surface area contributed by atoms with Gasteiger partial charge in [0.2, 0.25) is 10.0 Å². The third kappa shape index (κ3) is 3.93. The fourth-order valence-corrected chi connectivity index (χ4v) is 2.82. The Labute approximate surface area is 136 Å². The fourth-order valence-electron chi connectivity index (χ4n) is 1.63. The monoisotopic (exact) mass is 365 g/mol. The summed E-state index contributed by atoms with van der Waals surface area (Å²) in [4.78, 5) is -0.110.